The summed E-state index contributed by atoms with van der Waals surface area (Å²) in [5.74, 6) is 0.0789. The molecule has 0 fully saturated rings. The smallest absolute Gasteiger partial charge is 0.343 e. The van der Waals surface area contributed by atoms with E-state index >= 15 is 0 Å². The second-order valence-electron chi connectivity index (χ2n) is 6.97. The van der Waals surface area contributed by atoms with Crippen molar-refractivity contribution in [3.8, 4) is 5.75 Å². The van der Waals surface area contributed by atoms with Gasteiger partial charge in [-0.15, -0.1) is 0 Å². The first-order chi connectivity index (χ1) is 13.1. The molecule has 2 rings (SSSR count). The topological polar surface area (TPSA) is 70.4 Å². The number of pyridine rings is 2. The van der Waals surface area contributed by atoms with Gasteiger partial charge in [0.1, 0.15) is 9.26 Å². The number of carbonyl (C=O) groups is 1. The van der Waals surface area contributed by atoms with Crippen LogP contribution in [0.5, 0.6) is 5.75 Å². The molecule has 152 valence electrons. The summed E-state index contributed by atoms with van der Waals surface area (Å²) in [4.78, 5) is 28.7. The first kappa shape index (κ1) is 22.7. The second kappa shape index (κ2) is 9.26. The number of esters is 1. The van der Waals surface area contributed by atoms with Crippen LogP contribution in [0.1, 0.15) is 43.6 Å². The molecule has 0 spiro atoms. The van der Waals surface area contributed by atoms with Gasteiger partial charge in [0.15, 0.2) is 16.3 Å². The number of ether oxygens (including phenoxy) is 2. The van der Waals surface area contributed by atoms with Gasteiger partial charge < -0.3 is 14.0 Å². The van der Waals surface area contributed by atoms with Gasteiger partial charge in [0.25, 0.3) is 0 Å². The highest BCUT2D eigenvalue weighted by atomic mass is 127. The van der Waals surface area contributed by atoms with Gasteiger partial charge in [0.05, 0.1) is 13.7 Å². The Balaban J connectivity index is 2.54. The zero-order chi connectivity index (χ0) is 21.1. The normalized spacial score (nSPS) is 13.3. The van der Waals surface area contributed by atoms with E-state index in [0.717, 1.165) is 9.26 Å². The fraction of sp³-hybridized carbons (Fsp3) is 0.450. The van der Waals surface area contributed by atoms with E-state index in [9.17, 15) is 9.59 Å². The minimum Gasteiger partial charge on any atom is -0.494 e. The number of carbonyl (C=O) groups excluding carboxylic acids is 1. The van der Waals surface area contributed by atoms with Crippen LogP contribution in [0.3, 0.4) is 0 Å². The Morgan fingerprint density at radius 3 is 2.68 bits per heavy atom. The molecule has 2 heterocycles. The summed E-state index contributed by atoms with van der Waals surface area (Å²) in [5, 5.41) is 0.315. The molecule has 6 nitrogen and oxygen atoms in total. The molecule has 8 heteroatoms. The van der Waals surface area contributed by atoms with Gasteiger partial charge in [-0.25, -0.2) is 9.78 Å². The summed E-state index contributed by atoms with van der Waals surface area (Å²) in [6, 6.07) is 3.28. The molecule has 0 bridgehead atoms. The highest BCUT2D eigenvalue weighted by Crippen LogP contribution is 2.34. The van der Waals surface area contributed by atoms with Crippen LogP contribution in [0, 0.1) is 9.62 Å². The fourth-order valence-electron chi connectivity index (χ4n) is 2.90. The highest BCUT2D eigenvalue weighted by Gasteiger charge is 2.32. The molecule has 1 atom stereocenters. The monoisotopic (exact) mass is 518 g/mol. The molecule has 2 aromatic heterocycles. The van der Waals surface area contributed by atoms with Crippen molar-refractivity contribution in [3.63, 3.8) is 0 Å². The molecule has 28 heavy (non-hydrogen) atoms. The maximum Gasteiger partial charge on any atom is 0.343 e. The van der Waals surface area contributed by atoms with Crippen molar-refractivity contribution in [1.82, 2.24) is 9.55 Å². The largest absolute Gasteiger partial charge is 0.494 e. The van der Waals surface area contributed by atoms with Crippen LogP contribution in [0.25, 0.3) is 0 Å². The lowest BCUT2D eigenvalue weighted by atomic mass is 9.82. The van der Waals surface area contributed by atoms with Crippen molar-refractivity contribution in [1.29, 1.82) is 0 Å². The van der Waals surface area contributed by atoms with E-state index in [1.165, 1.54) is 6.07 Å². The molecule has 0 aliphatic heterocycles. The minimum atomic E-state index is -0.614. The molecule has 2 aromatic rings. The molecule has 0 saturated heterocycles. The van der Waals surface area contributed by atoms with Crippen LogP contribution in [-0.4, -0.2) is 29.2 Å². The predicted octanol–water partition coefficient (Wildman–Crippen LogP) is 4.30. The van der Waals surface area contributed by atoms with E-state index in [4.69, 9.17) is 21.1 Å². The quantitative estimate of drug-likeness (QED) is 0.311. The van der Waals surface area contributed by atoms with E-state index in [0.29, 0.717) is 17.3 Å². The predicted molar refractivity (Wildman–Crippen MR) is 117 cm³/mol. The number of nitrogens with zero attached hydrogens (tertiary/aromatic N) is 2. The van der Waals surface area contributed by atoms with E-state index < -0.39 is 11.5 Å². The average molecular weight is 519 g/mol. The molecule has 0 aliphatic carbocycles. The van der Waals surface area contributed by atoms with Gasteiger partial charge >= 0.3 is 5.97 Å². The average Bonchev–Trinajstić information content (AvgIpc) is 2.64. The van der Waals surface area contributed by atoms with Crippen LogP contribution >= 0.6 is 34.2 Å². The third kappa shape index (κ3) is 4.68. The van der Waals surface area contributed by atoms with Crippen molar-refractivity contribution in [2.24, 2.45) is 5.92 Å². The first-order valence-corrected chi connectivity index (χ1v) is 10.4. The minimum absolute atomic E-state index is 0.0257. The Hall–Kier alpha value is -1.61. The summed E-state index contributed by atoms with van der Waals surface area (Å²) < 4.78 is 13.0. The lowest BCUT2D eigenvalue weighted by Gasteiger charge is -2.37. The maximum absolute atomic E-state index is 12.2. The van der Waals surface area contributed by atoms with Crippen molar-refractivity contribution in [3.05, 3.63) is 54.7 Å². The van der Waals surface area contributed by atoms with Crippen molar-refractivity contribution in [2.45, 2.75) is 39.7 Å². The molecule has 0 saturated carbocycles. The number of rotatable bonds is 7. The van der Waals surface area contributed by atoms with Crippen molar-refractivity contribution in [2.75, 3.05) is 13.7 Å². The van der Waals surface area contributed by atoms with Gasteiger partial charge in [-0.2, -0.15) is 0 Å². The number of halogens is 2. The van der Waals surface area contributed by atoms with E-state index in [2.05, 4.69) is 48.3 Å². The summed E-state index contributed by atoms with van der Waals surface area (Å²) in [7, 11) is 1.55. The highest BCUT2D eigenvalue weighted by molar-refractivity contribution is 14.1. The Morgan fingerprint density at radius 1 is 1.43 bits per heavy atom. The van der Waals surface area contributed by atoms with Gasteiger partial charge in [0, 0.05) is 24.0 Å². The molecule has 0 N–H and O–H groups in total. The standard InChI is InChI=1S/C20H24ClIN2O4/c1-6-28-19(26)14-11-24(8-7-15(14)25)20(4,12(2)3)10-13-9-16(27-5)17(21)23-18(13)22/h7-9,11-12H,6,10H2,1-5H3. The number of aromatic nitrogens is 2. The number of hydrogen-bond donors (Lipinski definition) is 0. The van der Waals surface area contributed by atoms with Gasteiger partial charge in [-0.1, -0.05) is 25.4 Å². The molecule has 0 aromatic carbocycles. The number of methoxy groups -OCH3 is 1. The van der Waals surface area contributed by atoms with E-state index in [1.54, 1.807) is 26.4 Å². The van der Waals surface area contributed by atoms with Crippen LogP contribution in [0.4, 0.5) is 0 Å². The van der Waals surface area contributed by atoms with Gasteiger partial charge in [-0.05, 0) is 60.4 Å². The summed E-state index contributed by atoms with van der Waals surface area (Å²) in [6.45, 7) is 8.18. The SMILES string of the molecule is CCOC(=O)c1cn(C(C)(Cc2cc(OC)c(Cl)nc2I)C(C)C)ccc1=O. The maximum atomic E-state index is 12.2. The van der Waals surface area contributed by atoms with Crippen molar-refractivity contribution >= 4 is 40.2 Å². The fourth-order valence-corrected chi connectivity index (χ4v) is 3.85. The summed E-state index contributed by atoms with van der Waals surface area (Å²) >= 11 is 8.27. The van der Waals surface area contributed by atoms with Crippen LogP contribution in [0.2, 0.25) is 5.15 Å². The third-order valence-electron chi connectivity index (χ3n) is 4.99. The summed E-state index contributed by atoms with van der Waals surface area (Å²) in [6.07, 6.45) is 3.89. The molecule has 1 unspecified atom stereocenters. The van der Waals surface area contributed by atoms with Crippen LogP contribution in [0.15, 0.2) is 29.3 Å². The van der Waals surface area contributed by atoms with Gasteiger partial charge in [-0.3, -0.25) is 4.79 Å². The first-order valence-electron chi connectivity index (χ1n) is 8.92. The lowest BCUT2D eigenvalue weighted by molar-refractivity contribution is 0.0522. The second-order valence-corrected chi connectivity index (χ2v) is 8.35. The van der Waals surface area contributed by atoms with E-state index in [1.807, 2.05) is 10.6 Å². The molecular weight excluding hydrogens is 495 g/mol. The zero-order valence-corrected chi connectivity index (χ0v) is 19.5. The summed E-state index contributed by atoms with van der Waals surface area (Å²) in [5.41, 5.74) is 0.201. The number of hydrogen-bond acceptors (Lipinski definition) is 5. The van der Waals surface area contributed by atoms with Crippen molar-refractivity contribution < 1.29 is 14.3 Å². The third-order valence-corrected chi connectivity index (χ3v) is 6.19. The Kier molecular flexibility index (Phi) is 7.50. The molecule has 0 amide bonds. The Labute approximate surface area is 183 Å². The Bertz CT molecular complexity index is 929. The lowest BCUT2D eigenvalue weighted by Crippen LogP contribution is -2.39. The molecule has 0 radical (unpaired) electrons. The van der Waals surface area contributed by atoms with E-state index in [-0.39, 0.29) is 23.5 Å². The van der Waals surface area contributed by atoms with Crippen LogP contribution < -0.4 is 10.2 Å². The Morgan fingerprint density at radius 2 is 2.11 bits per heavy atom. The molecular formula is C20H24ClIN2O4. The van der Waals surface area contributed by atoms with Gasteiger partial charge in [0.2, 0.25) is 0 Å². The molecule has 0 aliphatic rings. The van der Waals surface area contributed by atoms with Crippen LogP contribution in [-0.2, 0) is 16.7 Å². The zero-order valence-electron chi connectivity index (χ0n) is 16.6.